The molecule has 0 aromatic carbocycles. The van der Waals surface area contributed by atoms with Crippen molar-refractivity contribution in [2.24, 2.45) is 0 Å². The zero-order valence-corrected chi connectivity index (χ0v) is 6.61. The summed E-state index contributed by atoms with van der Waals surface area (Å²) >= 11 is 1.49. The second-order valence-corrected chi connectivity index (χ2v) is 2.30. The van der Waals surface area contributed by atoms with Gasteiger partial charge in [-0.25, -0.2) is 0 Å². The van der Waals surface area contributed by atoms with Gasteiger partial charge in [0.1, 0.15) is 11.0 Å². The van der Waals surface area contributed by atoms with Gasteiger partial charge in [-0.15, -0.1) is 21.5 Å². The Hall–Kier alpha value is -1.29. The fraction of sp³-hybridized carbons (Fsp3) is 0.222. The molecule has 2 aromatic heterocycles. The maximum absolute atomic E-state index is 3.78. The fourth-order valence-electron chi connectivity index (χ4n) is 0.449. The molecule has 0 aliphatic rings. The molecule has 0 aliphatic carbocycles. The Kier molecular flexibility index (Phi) is 11.7. The van der Waals surface area contributed by atoms with Gasteiger partial charge in [0, 0.05) is 12.4 Å². The van der Waals surface area contributed by atoms with Crippen molar-refractivity contribution in [2.45, 2.75) is 14.9 Å². The van der Waals surface area contributed by atoms with Crippen LogP contribution in [0.3, 0.4) is 0 Å². The average molecular weight is 197 g/mol. The molecule has 0 aliphatic heterocycles. The lowest BCUT2D eigenvalue weighted by molar-refractivity contribution is 1.09. The largest absolute Gasteiger partial charge is 0.265 e. The quantitative estimate of drug-likeness (QED) is 0.652. The summed E-state index contributed by atoms with van der Waals surface area (Å²) in [5, 5.41) is 6.98. The maximum Gasteiger partial charge on any atom is 0.103 e. The van der Waals surface area contributed by atoms with E-state index in [0.717, 1.165) is 0 Å². The van der Waals surface area contributed by atoms with E-state index < -0.39 is 0 Å². The predicted molar refractivity (Wildman–Crippen MR) is 57.6 cm³/mol. The molecule has 72 valence electrons. The molecular formula is C9H15N3S. The number of hydrogen-bond acceptors (Lipinski definition) is 4. The third-order valence-electron chi connectivity index (χ3n) is 0.849. The zero-order chi connectivity index (χ0) is 7.78. The molecule has 0 saturated carbocycles. The maximum atomic E-state index is 3.78. The van der Waals surface area contributed by atoms with E-state index in [0.29, 0.717) is 0 Å². The molecule has 0 bridgehead atoms. The summed E-state index contributed by atoms with van der Waals surface area (Å²) in [7, 11) is 0. The number of rotatable bonds is 0. The van der Waals surface area contributed by atoms with Gasteiger partial charge in [0.2, 0.25) is 0 Å². The standard InChI is InChI=1S/C5H5N.C2H2N2S.2CH4/c1-2-4-6-5-3-1;1-3-4-2-5-1;;/h1-5H;1-2H;2*1H4. The minimum absolute atomic E-state index is 0. The smallest absolute Gasteiger partial charge is 0.103 e. The van der Waals surface area contributed by atoms with Crippen LogP contribution in [0.25, 0.3) is 0 Å². The SMILES string of the molecule is C.C.c1ccncc1.c1nncs1. The molecule has 3 nitrogen and oxygen atoms in total. The first kappa shape index (κ1) is 14.2. The molecule has 0 atom stereocenters. The van der Waals surface area contributed by atoms with Gasteiger partial charge < -0.3 is 0 Å². The molecule has 0 spiro atoms. The van der Waals surface area contributed by atoms with E-state index in [1.807, 2.05) is 18.2 Å². The number of aromatic nitrogens is 3. The van der Waals surface area contributed by atoms with Gasteiger partial charge in [-0.1, -0.05) is 20.9 Å². The van der Waals surface area contributed by atoms with Crippen LogP contribution in [-0.4, -0.2) is 15.2 Å². The minimum Gasteiger partial charge on any atom is -0.265 e. The normalized spacial score (nSPS) is 6.77. The van der Waals surface area contributed by atoms with E-state index >= 15 is 0 Å². The number of hydrogen-bond donors (Lipinski definition) is 0. The molecule has 0 amide bonds. The summed E-state index contributed by atoms with van der Waals surface area (Å²) in [6.45, 7) is 0. The summed E-state index contributed by atoms with van der Waals surface area (Å²) in [5.41, 5.74) is 3.36. The molecule has 2 rings (SSSR count). The highest BCUT2D eigenvalue weighted by molar-refractivity contribution is 7.07. The molecular weight excluding hydrogens is 182 g/mol. The van der Waals surface area contributed by atoms with Crippen LogP contribution in [0.2, 0.25) is 0 Å². The summed E-state index contributed by atoms with van der Waals surface area (Å²) in [5.74, 6) is 0. The molecule has 0 fully saturated rings. The van der Waals surface area contributed by atoms with Crippen LogP contribution >= 0.6 is 11.3 Å². The van der Waals surface area contributed by atoms with Crippen LogP contribution in [0.1, 0.15) is 14.9 Å². The van der Waals surface area contributed by atoms with Crippen molar-refractivity contribution in [1.29, 1.82) is 0 Å². The van der Waals surface area contributed by atoms with Crippen molar-refractivity contribution >= 4 is 11.3 Å². The number of nitrogens with zero attached hydrogens (tertiary/aromatic N) is 3. The van der Waals surface area contributed by atoms with Crippen LogP contribution < -0.4 is 0 Å². The van der Waals surface area contributed by atoms with E-state index in [2.05, 4.69) is 15.2 Å². The van der Waals surface area contributed by atoms with E-state index in [9.17, 15) is 0 Å². The van der Waals surface area contributed by atoms with Gasteiger partial charge in [-0.05, 0) is 12.1 Å². The van der Waals surface area contributed by atoms with Gasteiger partial charge in [-0.2, -0.15) is 0 Å². The van der Waals surface area contributed by atoms with Gasteiger partial charge in [0.25, 0.3) is 0 Å². The van der Waals surface area contributed by atoms with Gasteiger partial charge >= 0.3 is 0 Å². The van der Waals surface area contributed by atoms with E-state index in [1.165, 1.54) is 11.3 Å². The minimum atomic E-state index is 0. The van der Waals surface area contributed by atoms with E-state index in [1.54, 1.807) is 23.4 Å². The lowest BCUT2D eigenvalue weighted by atomic mass is 10.5. The van der Waals surface area contributed by atoms with Crippen molar-refractivity contribution in [3.63, 3.8) is 0 Å². The molecule has 0 saturated heterocycles. The van der Waals surface area contributed by atoms with E-state index in [4.69, 9.17) is 0 Å². The lowest BCUT2D eigenvalue weighted by Crippen LogP contribution is -1.58. The Morgan fingerprint density at radius 3 is 1.46 bits per heavy atom. The van der Waals surface area contributed by atoms with Crippen LogP contribution in [-0.2, 0) is 0 Å². The van der Waals surface area contributed by atoms with Crippen molar-refractivity contribution in [3.8, 4) is 0 Å². The lowest BCUT2D eigenvalue weighted by Gasteiger charge is -1.70. The zero-order valence-electron chi connectivity index (χ0n) is 5.79. The average Bonchev–Trinajstić information content (AvgIpc) is 2.64. The summed E-state index contributed by atoms with van der Waals surface area (Å²) < 4.78 is 0. The van der Waals surface area contributed by atoms with Crippen molar-refractivity contribution < 1.29 is 0 Å². The Labute approximate surface area is 83.5 Å². The third kappa shape index (κ3) is 8.62. The van der Waals surface area contributed by atoms with Crippen molar-refractivity contribution in [3.05, 3.63) is 41.6 Å². The number of pyridine rings is 1. The van der Waals surface area contributed by atoms with E-state index in [-0.39, 0.29) is 14.9 Å². The molecule has 13 heavy (non-hydrogen) atoms. The first-order chi connectivity index (χ1) is 5.50. The first-order valence-electron chi connectivity index (χ1n) is 3.04. The van der Waals surface area contributed by atoms with Crippen LogP contribution in [0.5, 0.6) is 0 Å². The Morgan fingerprint density at radius 1 is 0.769 bits per heavy atom. The Balaban J connectivity index is 0. The van der Waals surface area contributed by atoms with Gasteiger partial charge in [0.05, 0.1) is 0 Å². The molecule has 4 heteroatoms. The molecule has 0 radical (unpaired) electrons. The van der Waals surface area contributed by atoms with Crippen molar-refractivity contribution in [1.82, 2.24) is 15.2 Å². The predicted octanol–water partition coefficient (Wildman–Crippen LogP) is 2.89. The monoisotopic (exact) mass is 197 g/mol. The molecule has 2 aromatic rings. The summed E-state index contributed by atoms with van der Waals surface area (Å²) in [4.78, 5) is 3.78. The van der Waals surface area contributed by atoms with Gasteiger partial charge in [0.15, 0.2) is 0 Å². The Bertz CT molecular complexity index is 201. The highest BCUT2D eigenvalue weighted by Crippen LogP contribution is 1.80. The Morgan fingerprint density at radius 2 is 1.31 bits per heavy atom. The third-order valence-corrected chi connectivity index (χ3v) is 1.28. The highest BCUT2D eigenvalue weighted by atomic mass is 32.1. The molecule has 0 unspecified atom stereocenters. The van der Waals surface area contributed by atoms with Gasteiger partial charge in [-0.3, -0.25) is 4.98 Å². The molecule has 0 N–H and O–H groups in total. The topological polar surface area (TPSA) is 38.7 Å². The highest BCUT2D eigenvalue weighted by Gasteiger charge is 1.60. The van der Waals surface area contributed by atoms with Crippen molar-refractivity contribution in [2.75, 3.05) is 0 Å². The van der Waals surface area contributed by atoms with Crippen LogP contribution in [0, 0.1) is 0 Å². The molecule has 2 heterocycles. The van der Waals surface area contributed by atoms with Crippen LogP contribution in [0.15, 0.2) is 41.6 Å². The second-order valence-electron chi connectivity index (χ2n) is 1.60. The first-order valence-corrected chi connectivity index (χ1v) is 3.98. The fourth-order valence-corrected chi connectivity index (χ4v) is 0.721. The summed E-state index contributed by atoms with van der Waals surface area (Å²) in [6.07, 6.45) is 3.50. The second kappa shape index (κ2) is 10.7. The van der Waals surface area contributed by atoms with Crippen LogP contribution in [0.4, 0.5) is 0 Å². The summed E-state index contributed by atoms with van der Waals surface area (Å²) in [6, 6.07) is 5.72.